The number of nitrogens with two attached hydrogens (primary N) is 1. The van der Waals surface area contributed by atoms with E-state index in [0.29, 0.717) is 6.54 Å². The maximum absolute atomic E-state index is 13.0. The van der Waals surface area contributed by atoms with E-state index in [1.165, 1.54) is 0 Å². The Morgan fingerprint density at radius 1 is 1.24 bits per heavy atom. The maximum atomic E-state index is 13.0. The SMILES string of the molecule is CN(Cc1cn(-c2ccccc2)nc1-c1cccs1)C(=O)C1CCCC(N)C1.Cl. The number of thiophene rings is 1. The van der Waals surface area contributed by atoms with E-state index in [2.05, 4.69) is 11.4 Å². The van der Waals surface area contributed by atoms with E-state index in [0.717, 1.165) is 47.5 Å². The van der Waals surface area contributed by atoms with E-state index in [1.807, 2.05) is 59.2 Å². The Labute approximate surface area is 181 Å². The largest absolute Gasteiger partial charge is 0.341 e. The van der Waals surface area contributed by atoms with Crippen molar-refractivity contribution in [3.8, 4) is 16.3 Å². The zero-order valence-electron chi connectivity index (χ0n) is 16.5. The molecule has 2 atom stereocenters. The molecule has 1 saturated carbocycles. The second kappa shape index (κ2) is 9.57. The normalized spacial score (nSPS) is 18.8. The van der Waals surface area contributed by atoms with Gasteiger partial charge in [-0.15, -0.1) is 23.7 Å². The minimum Gasteiger partial charge on any atom is -0.341 e. The quantitative estimate of drug-likeness (QED) is 0.648. The third-order valence-corrected chi connectivity index (χ3v) is 6.29. The van der Waals surface area contributed by atoms with Crippen molar-refractivity contribution in [3.05, 3.63) is 59.6 Å². The average Bonchev–Trinajstić information content (AvgIpc) is 3.38. The van der Waals surface area contributed by atoms with E-state index in [-0.39, 0.29) is 30.3 Å². The molecule has 1 amide bonds. The lowest BCUT2D eigenvalue weighted by molar-refractivity contribution is -0.135. The third kappa shape index (κ3) is 4.89. The molecule has 154 valence electrons. The molecule has 0 bridgehead atoms. The lowest BCUT2D eigenvalue weighted by Crippen LogP contribution is -2.38. The van der Waals surface area contributed by atoms with Crippen LogP contribution in [0, 0.1) is 5.92 Å². The smallest absolute Gasteiger partial charge is 0.225 e. The van der Waals surface area contributed by atoms with Crippen molar-refractivity contribution in [1.82, 2.24) is 14.7 Å². The summed E-state index contributed by atoms with van der Waals surface area (Å²) in [5.74, 6) is 0.239. The highest BCUT2D eigenvalue weighted by Gasteiger charge is 2.28. The van der Waals surface area contributed by atoms with Crippen LogP contribution in [-0.4, -0.2) is 33.7 Å². The zero-order valence-corrected chi connectivity index (χ0v) is 18.2. The molecule has 2 aromatic heterocycles. The van der Waals surface area contributed by atoms with Crippen LogP contribution in [0.15, 0.2) is 54.0 Å². The minimum atomic E-state index is 0. The summed E-state index contributed by atoms with van der Waals surface area (Å²) in [7, 11) is 1.89. The average molecular weight is 431 g/mol. The molecule has 2 N–H and O–H groups in total. The number of para-hydroxylation sites is 1. The van der Waals surface area contributed by atoms with Crippen LogP contribution in [0.3, 0.4) is 0 Å². The van der Waals surface area contributed by atoms with Gasteiger partial charge in [-0.3, -0.25) is 4.79 Å². The van der Waals surface area contributed by atoms with Gasteiger partial charge in [0.05, 0.1) is 10.6 Å². The van der Waals surface area contributed by atoms with Gasteiger partial charge in [0, 0.05) is 37.3 Å². The van der Waals surface area contributed by atoms with Crippen LogP contribution in [0.25, 0.3) is 16.3 Å². The second-order valence-corrected chi connectivity index (χ2v) is 8.53. The summed E-state index contributed by atoms with van der Waals surface area (Å²) in [6, 6.07) is 14.3. The van der Waals surface area contributed by atoms with Gasteiger partial charge in [0.15, 0.2) is 0 Å². The van der Waals surface area contributed by atoms with Crippen molar-refractivity contribution in [2.75, 3.05) is 7.05 Å². The maximum Gasteiger partial charge on any atom is 0.225 e. The Balaban J connectivity index is 0.00000240. The van der Waals surface area contributed by atoms with Crippen LogP contribution < -0.4 is 5.73 Å². The van der Waals surface area contributed by atoms with Crippen molar-refractivity contribution in [2.24, 2.45) is 11.7 Å². The molecule has 1 aromatic carbocycles. The summed E-state index contributed by atoms with van der Waals surface area (Å²) < 4.78 is 1.90. The summed E-state index contributed by atoms with van der Waals surface area (Å²) >= 11 is 1.67. The van der Waals surface area contributed by atoms with Crippen LogP contribution >= 0.6 is 23.7 Å². The predicted octanol–water partition coefficient (Wildman–Crippen LogP) is 4.50. The number of nitrogens with zero attached hydrogens (tertiary/aromatic N) is 3. The first-order valence-corrected chi connectivity index (χ1v) is 10.7. The van der Waals surface area contributed by atoms with Gasteiger partial charge < -0.3 is 10.6 Å². The number of amides is 1. The molecule has 1 aliphatic carbocycles. The Hall–Kier alpha value is -2.15. The van der Waals surface area contributed by atoms with Crippen molar-refractivity contribution in [1.29, 1.82) is 0 Å². The highest BCUT2D eigenvalue weighted by molar-refractivity contribution is 7.13. The van der Waals surface area contributed by atoms with Gasteiger partial charge >= 0.3 is 0 Å². The highest BCUT2D eigenvalue weighted by Crippen LogP contribution is 2.30. The molecule has 0 spiro atoms. The monoisotopic (exact) mass is 430 g/mol. The Bertz CT molecular complexity index is 926. The molecule has 0 radical (unpaired) electrons. The topological polar surface area (TPSA) is 64.2 Å². The van der Waals surface area contributed by atoms with Crippen LogP contribution in [0.2, 0.25) is 0 Å². The summed E-state index contributed by atoms with van der Waals surface area (Å²) in [5, 5.41) is 6.88. The van der Waals surface area contributed by atoms with Crippen LogP contribution in [-0.2, 0) is 11.3 Å². The van der Waals surface area contributed by atoms with E-state index < -0.39 is 0 Å². The summed E-state index contributed by atoms with van der Waals surface area (Å²) in [5.41, 5.74) is 9.10. The molecule has 0 aliphatic heterocycles. The van der Waals surface area contributed by atoms with E-state index in [1.54, 1.807) is 11.3 Å². The lowest BCUT2D eigenvalue weighted by atomic mass is 9.85. The number of aromatic nitrogens is 2. The minimum absolute atomic E-state index is 0. The fraction of sp³-hybridized carbons (Fsp3) is 0.364. The first kappa shape index (κ1) is 21.6. The molecule has 2 heterocycles. The molecular formula is C22H27ClN4OS. The lowest BCUT2D eigenvalue weighted by Gasteiger charge is -2.29. The van der Waals surface area contributed by atoms with Gasteiger partial charge in [0.2, 0.25) is 5.91 Å². The number of hydrogen-bond donors (Lipinski definition) is 1. The molecule has 5 nitrogen and oxygen atoms in total. The number of carbonyl (C=O) groups excluding carboxylic acids is 1. The van der Waals surface area contributed by atoms with Crippen molar-refractivity contribution >= 4 is 29.7 Å². The van der Waals surface area contributed by atoms with Gasteiger partial charge in [-0.05, 0) is 42.8 Å². The molecule has 0 saturated heterocycles. The van der Waals surface area contributed by atoms with Crippen LogP contribution in [0.5, 0.6) is 0 Å². The van der Waals surface area contributed by atoms with E-state index in [4.69, 9.17) is 10.8 Å². The number of rotatable bonds is 5. The molecule has 4 rings (SSSR count). The molecule has 2 unspecified atom stereocenters. The second-order valence-electron chi connectivity index (χ2n) is 7.58. The first-order chi connectivity index (χ1) is 13.6. The van der Waals surface area contributed by atoms with Gasteiger partial charge in [0.1, 0.15) is 5.69 Å². The Morgan fingerprint density at radius 3 is 2.72 bits per heavy atom. The fourth-order valence-corrected chi connectivity index (χ4v) is 4.70. The predicted molar refractivity (Wildman–Crippen MR) is 121 cm³/mol. The van der Waals surface area contributed by atoms with Gasteiger partial charge in [-0.25, -0.2) is 4.68 Å². The number of halogens is 1. The van der Waals surface area contributed by atoms with Crippen LogP contribution in [0.1, 0.15) is 31.2 Å². The van der Waals surface area contributed by atoms with Gasteiger partial charge in [0.25, 0.3) is 0 Å². The molecular weight excluding hydrogens is 404 g/mol. The Morgan fingerprint density at radius 2 is 2.03 bits per heavy atom. The van der Waals surface area contributed by atoms with Crippen molar-refractivity contribution in [2.45, 2.75) is 38.3 Å². The number of hydrogen-bond acceptors (Lipinski definition) is 4. The fourth-order valence-electron chi connectivity index (χ4n) is 3.96. The standard InChI is InChI=1S/C22H26N4OS.ClH/c1-25(22(27)16-7-5-8-18(23)13-16)14-17-15-26(19-9-3-2-4-10-19)24-21(17)20-11-6-12-28-20;/h2-4,6,9-12,15-16,18H,5,7-8,13-14,23H2,1H3;1H. The molecule has 3 aromatic rings. The summed E-state index contributed by atoms with van der Waals surface area (Å²) in [6.45, 7) is 0.546. The zero-order chi connectivity index (χ0) is 19.5. The van der Waals surface area contributed by atoms with E-state index >= 15 is 0 Å². The third-order valence-electron chi connectivity index (χ3n) is 5.41. The first-order valence-electron chi connectivity index (χ1n) is 9.80. The molecule has 29 heavy (non-hydrogen) atoms. The molecule has 7 heteroatoms. The van der Waals surface area contributed by atoms with Crippen LogP contribution in [0.4, 0.5) is 0 Å². The Kier molecular flexibility index (Phi) is 7.11. The van der Waals surface area contributed by atoms with Gasteiger partial charge in [-0.1, -0.05) is 30.7 Å². The number of carbonyl (C=O) groups is 1. The molecule has 1 aliphatic rings. The van der Waals surface area contributed by atoms with Crippen molar-refractivity contribution < 1.29 is 4.79 Å². The summed E-state index contributed by atoms with van der Waals surface area (Å²) in [6.07, 6.45) is 5.85. The van der Waals surface area contributed by atoms with Crippen molar-refractivity contribution in [3.63, 3.8) is 0 Å². The molecule has 1 fully saturated rings. The van der Waals surface area contributed by atoms with Gasteiger partial charge in [-0.2, -0.15) is 5.10 Å². The van der Waals surface area contributed by atoms with E-state index in [9.17, 15) is 4.79 Å². The summed E-state index contributed by atoms with van der Waals surface area (Å²) in [4.78, 5) is 15.9. The highest BCUT2D eigenvalue weighted by atomic mass is 35.5. The number of benzene rings is 1.